The summed E-state index contributed by atoms with van der Waals surface area (Å²) < 4.78 is 8.09. The Morgan fingerprint density at radius 1 is 1.06 bits per heavy atom. The number of hydrogen-bond donors (Lipinski definition) is 4. The number of phenolic OH excluding ortho intramolecular Hbond substituents is 1. The number of benzene rings is 2. The zero-order chi connectivity index (χ0) is 46.1. The minimum atomic E-state index is -2.26. The lowest BCUT2D eigenvalue weighted by Crippen LogP contribution is -2.67. The topological polar surface area (TPSA) is 200 Å². The molecule has 5 heterocycles. The summed E-state index contributed by atoms with van der Waals surface area (Å²) in [5.74, 6) is 1.27. The van der Waals surface area contributed by atoms with E-state index in [1.807, 2.05) is 32.0 Å². The van der Waals surface area contributed by atoms with Crippen LogP contribution in [0.25, 0.3) is 33.3 Å². The van der Waals surface area contributed by atoms with Crippen LogP contribution in [-0.4, -0.2) is 120 Å². The molecule has 0 unspecified atom stereocenters. The Labute approximate surface area is 373 Å². The number of amides is 4. The van der Waals surface area contributed by atoms with Gasteiger partial charge in [0.05, 0.1) is 18.2 Å². The molecular formula is C48H58N8O8. The summed E-state index contributed by atoms with van der Waals surface area (Å²) in [4.78, 5) is 81.0. The van der Waals surface area contributed by atoms with Gasteiger partial charge in [0.15, 0.2) is 0 Å². The SMILES string of the molecule is CC#CC(=O)N1CC[C@H](C(=O)N(C)[C@H](C(=O)N[C@H]2Cc3cc(O)cc(c3)-c3ccc4c(c3)c(c(-c3cncnc3)n4CC)CC(C)(C)COC(=O)[C@@]3(O)CCCN(N3)C2=O)C(C)C)C1. The molecule has 338 valence electrons. The van der Waals surface area contributed by atoms with Crippen LogP contribution < -0.4 is 10.7 Å². The lowest BCUT2D eigenvalue weighted by molar-refractivity contribution is -0.189. The van der Waals surface area contributed by atoms with Gasteiger partial charge < -0.3 is 34.6 Å². The van der Waals surface area contributed by atoms with Crippen LogP contribution in [0, 0.1) is 29.1 Å². The number of fused-ring (bicyclic) bond motifs is 6. The van der Waals surface area contributed by atoms with Crippen molar-refractivity contribution in [2.45, 2.75) is 98.0 Å². The number of phenols is 1. The Morgan fingerprint density at radius 2 is 1.81 bits per heavy atom. The number of likely N-dealkylation sites (N-methyl/N-ethyl adjacent to an activating group) is 1. The predicted molar refractivity (Wildman–Crippen MR) is 238 cm³/mol. The van der Waals surface area contributed by atoms with Crippen molar-refractivity contribution in [3.63, 3.8) is 0 Å². The van der Waals surface area contributed by atoms with E-state index in [-0.39, 0.29) is 56.5 Å². The van der Waals surface area contributed by atoms with Gasteiger partial charge in [-0.3, -0.25) is 24.2 Å². The number of aromatic hydroxyl groups is 1. The molecule has 64 heavy (non-hydrogen) atoms. The highest BCUT2D eigenvalue weighted by molar-refractivity contribution is 5.97. The predicted octanol–water partition coefficient (Wildman–Crippen LogP) is 3.81. The van der Waals surface area contributed by atoms with Crippen molar-refractivity contribution in [2.24, 2.45) is 17.3 Å². The first kappa shape index (κ1) is 45.7. The number of ether oxygens (including phenoxy) is 1. The van der Waals surface area contributed by atoms with E-state index >= 15 is 0 Å². The second-order valence-electron chi connectivity index (χ2n) is 18.3. The molecule has 3 aliphatic rings. The minimum Gasteiger partial charge on any atom is -0.508 e. The van der Waals surface area contributed by atoms with Gasteiger partial charge in [-0.1, -0.05) is 45.7 Å². The van der Waals surface area contributed by atoms with Gasteiger partial charge in [-0.2, -0.15) is 5.43 Å². The number of esters is 1. The molecule has 4 atom stereocenters. The Hall–Kier alpha value is -6.31. The number of carbonyl (C=O) groups excluding carboxylic acids is 5. The first-order chi connectivity index (χ1) is 30.4. The lowest BCUT2D eigenvalue weighted by Gasteiger charge is -2.40. The maximum Gasteiger partial charge on any atom is 0.355 e. The Morgan fingerprint density at radius 3 is 2.52 bits per heavy atom. The highest BCUT2D eigenvalue weighted by Crippen LogP contribution is 2.40. The summed E-state index contributed by atoms with van der Waals surface area (Å²) in [6.07, 6.45) is 6.01. The first-order valence-electron chi connectivity index (χ1n) is 21.9. The first-order valence-corrected chi connectivity index (χ1v) is 21.9. The summed E-state index contributed by atoms with van der Waals surface area (Å²) in [5.41, 5.74) is 5.51. The number of likely N-dealkylation sites (tertiary alicyclic amines) is 1. The van der Waals surface area contributed by atoms with Crippen molar-refractivity contribution in [2.75, 3.05) is 33.3 Å². The van der Waals surface area contributed by atoms with Gasteiger partial charge in [-0.15, -0.1) is 0 Å². The maximum absolute atomic E-state index is 14.7. The van der Waals surface area contributed by atoms with Gasteiger partial charge in [0, 0.05) is 80.3 Å². The molecule has 7 rings (SSSR count). The molecule has 0 saturated carbocycles. The van der Waals surface area contributed by atoms with Crippen molar-refractivity contribution in [3.8, 4) is 40.0 Å². The number of aryl methyl sites for hydroxylation is 1. The smallest absolute Gasteiger partial charge is 0.355 e. The van der Waals surface area contributed by atoms with E-state index < -0.39 is 52.8 Å². The fourth-order valence-electron chi connectivity index (χ4n) is 9.44. The Kier molecular flexibility index (Phi) is 13.2. The number of cyclic esters (lactones) is 1. The van der Waals surface area contributed by atoms with Crippen molar-refractivity contribution >= 4 is 40.5 Å². The molecule has 2 aromatic heterocycles. The molecule has 4 N–H and O–H groups in total. The van der Waals surface area contributed by atoms with Crippen LogP contribution >= 0.6 is 0 Å². The van der Waals surface area contributed by atoms with E-state index in [2.05, 4.69) is 50.1 Å². The molecule has 3 aliphatic heterocycles. The Bertz CT molecular complexity index is 2530. The quantitative estimate of drug-likeness (QED) is 0.156. The zero-order valence-electron chi connectivity index (χ0n) is 37.6. The van der Waals surface area contributed by atoms with Gasteiger partial charge in [0.1, 0.15) is 24.2 Å². The molecule has 0 aliphatic carbocycles. The second kappa shape index (κ2) is 18.4. The normalized spacial score (nSPS) is 21.7. The number of nitrogens with zero attached hydrogens (tertiary/aromatic N) is 6. The van der Waals surface area contributed by atoms with Gasteiger partial charge in [-0.25, -0.2) is 14.8 Å². The van der Waals surface area contributed by atoms with Crippen LogP contribution in [0.5, 0.6) is 5.75 Å². The van der Waals surface area contributed by atoms with E-state index in [0.717, 1.165) is 38.3 Å². The van der Waals surface area contributed by atoms with Gasteiger partial charge in [-0.05, 0) is 91.5 Å². The molecule has 16 nitrogen and oxygen atoms in total. The Balaban J connectivity index is 1.29. The standard InChI is InChI=1S/C48H58N8O8/c1-8-11-40(58)54-17-14-32(26-54)44(60)53(7)41(29(3)4)43(59)51-38-20-30-18-33(21-35(57)19-30)31-12-13-39-36(22-31)37(42(55(39)9-2)34-24-49-28-50-25-34)23-47(5,6)27-64-46(62)48(63)15-10-16-56(52-48)45(38)61/h12-13,18-19,21-22,24-25,28-29,32,38,41,52,57,63H,9-10,14-17,20,23,26-27H2,1-7H3,(H,51,59)/t32-,38-,41-,48-/m0/s1. The van der Waals surface area contributed by atoms with E-state index in [1.165, 1.54) is 22.2 Å². The summed E-state index contributed by atoms with van der Waals surface area (Å²) in [5, 5.41) is 28.0. The number of aliphatic hydroxyl groups is 1. The van der Waals surface area contributed by atoms with Crippen LogP contribution in [-0.2, 0) is 48.1 Å². The highest BCUT2D eigenvalue weighted by atomic mass is 16.6. The van der Waals surface area contributed by atoms with Crippen molar-refractivity contribution in [1.82, 2.24) is 40.1 Å². The van der Waals surface area contributed by atoms with Crippen LogP contribution in [0.2, 0.25) is 0 Å². The van der Waals surface area contributed by atoms with Crippen LogP contribution in [0.15, 0.2) is 55.1 Å². The molecule has 2 saturated heterocycles. The maximum atomic E-state index is 14.7. The number of carbonyl (C=O) groups is 5. The van der Waals surface area contributed by atoms with E-state index in [0.29, 0.717) is 37.1 Å². The van der Waals surface area contributed by atoms with Crippen LogP contribution in [0.3, 0.4) is 0 Å². The van der Waals surface area contributed by atoms with E-state index in [4.69, 9.17) is 4.74 Å². The molecule has 2 aromatic carbocycles. The molecule has 0 spiro atoms. The number of rotatable bonds is 7. The summed E-state index contributed by atoms with van der Waals surface area (Å²) in [6, 6.07) is 8.83. The molecule has 2 fully saturated rings. The van der Waals surface area contributed by atoms with E-state index in [1.54, 1.807) is 46.3 Å². The lowest BCUT2D eigenvalue weighted by atomic mass is 9.84. The fraction of sp³-hybridized carbons (Fsp3) is 0.479. The molecule has 0 radical (unpaired) electrons. The van der Waals surface area contributed by atoms with Gasteiger partial charge >= 0.3 is 5.97 Å². The molecule has 16 heteroatoms. The third kappa shape index (κ3) is 9.32. The molecule has 4 aromatic rings. The molecule has 4 amide bonds. The van der Waals surface area contributed by atoms with Crippen molar-refractivity contribution < 1.29 is 38.9 Å². The molecule has 6 bridgehead atoms. The second-order valence-corrected chi connectivity index (χ2v) is 18.3. The number of hydrogen-bond acceptors (Lipinski definition) is 11. The zero-order valence-corrected chi connectivity index (χ0v) is 37.6. The number of aromatic nitrogens is 3. The van der Waals surface area contributed by atoms with Crippen LogP contribution in [0.1, 0.15) is 71.9 Å². The largest absolute Gasteiger partial charge is 0.508 e. The van der Waals surface area contributed by atoms with Crippen molar-refractivity contribution in [3.05, 3.63) is 66.2 Å². The van der Waals surface area contributed by atoms with Gasteiger partial charge in [0.2, 0.25) is 17.5 Å². The van der Waals surface area contributed by atoms with E-state index in [9.17, 15) is 34.2 Å². The third-order valence-electron chi connectivity index (χ3n) is 12.5. The summed E-state index contributed by atoms with van der Waals surface area (Å²) >= 11 is 0. The summed E-state index contributed by atoms with van der Waals surface area (Å²) in [6.45, 7) is 12.4. The van der Waals surface area contributed by atoms with Crippen molar-refractivity contribution in [1.29, 1.82) is 0 Å². The third-order valence-corrected chi connectivity index (χ3v) is 12.5. The van der Waals surface area contributed by atoms with Crippen LogP contribution in [0.4, 0.5) is 0 Å². The summed E-state index contributed by atoms with van der Waals surface area (Å²) in [7, 11) is 1.54. The minimum absolute atomic E-state index is 0.0363. The average molecular weight is 875 g/mol. The number of nitrogens with one attached hydrogen (secondary N) is 2. The highest BCUT2D eigenvalue weighted by Gasteiger charge is 2.46. The molecular weight excluding hydrogens is 817 g/mol. The fourth-order valence-corrected chi connectivity index (χ4v) is 9.44. The number of hydrazine groups is 1. The average Bonchev–Trinajstić information content (AvgIpc) is 3.88. The monoisotopic (exact) mass is 874 g/mol. The van der Waals surface area contributed by atoms with Gasteiger partial charge in [0.25, 0.3) is 11.8 Å².